The van der Waals surface area contributed by atoms with Crippen LogP contribution in [0.15, 0.2) is 40.3 Å². The minimum atomic E-state index is -0.178. The Labute approximate surface area is 99.3 Å². The van der Waals surface area contributed by atoms with Crippen molar-refractivity contribution in [3.63, 3.8) is 0 Å². The van der Waals surface area contributed by atoms with Gasteiger partial charge in [0.15, 0.2) is 5.01 Å². The van der Waals surface area contributed by atoms with E-state index in [1.807, 2.05) is 24.3 Å². The lowest BCUT2D eigenvalue weighted by atomic mass is 10.3. The molecule has 0 fully saturated rings. The van der Waals surface area contributed by atoms with E-state index in [1.165, 1.54) is 11.3 Å². The van der Waals surface area contributed by atoms with E-state index in [9.17, 15) is 4.79 Å². The molecular weight excluding hydrogens is 276 g/mol. The number of halogens is 1. The highest BCUT2D eigenvalue weighted by atomic mass is 79.9. The summed E-state index contributed by atoms with van der Waals surface area (Å²) in [6.45, 7) is 0. The third-order valence-corrected chi connectivity index (χ3v) is 2.97. The Hall–Kier alpha value is -1.20. The first-order chi connectivity index (χ1) is 7.25. The summed E-state index contributed by atoms with van der Waals surface area (Å²) in [6, 6.07) is 7.43. The number of benzene rings is 1. The topological polar surface area (TPSA) is 42.0 Å². The van der Waals surface area contributed by atoms with Gasteiger partial charge in [0.2, 0.25) is 0 Å². The number of anilines is 1. The molecule has 15 heavy (non-hydrogen) atoms. The SMILES string of the molecule is O=C(Nc1cccc(Br)c1)c1nccs1. The van der Waals surface area contributed by atoms with Crippen molar-refractivity contribution in [2.24, 2.45) is 0 Å². The monoisotopic (exact) mass is 282 g/mol. The molecule has 0 spiro atoms. The normalized spacial score (nSPS) is 9.93. The van der Waals surface area contributed by atoms with Gasteiger partial charge in [0.1, 0.15) is 0 Å². The smallest absolute Gasteiger partial charge is 0.284 e. The average Bonchev–Trinajstić information content (AvgIpc) is 2.70. The maximum Gasteiger partial charge on any atom is 0.284 e. The molecule has 0 aliphatic heterocycles. The molecule has 1 aromatic carbocycles. The van der Waals surface area contributed by atoms with Gasteiger partial charge in [-0.05, 0) is 18.2 Å². The molecule has 3 nitrogen and oxygen atoms in total. The highest BCUT2D eigenvalue weighted by Gasteiger charge is 2.07. The zero-order valence-corrected chi connectivity index (χ0v) is 10.0. The number of hydrogen-bond donors (Lipinski definition) is 1. The molecule has 0 radical (unpaired) electrons. The van der Waals surface area contributed by atoms with Crippen molar-refractivity contribution in [1.82, 2.24) is 4.98 Å². The van der Waals surface area contributed by atoms with E-state index < -0.39 is 0 Å². The molecule has 1 aromatic heterocycles. The number of carbonyl (C=O) groups excluding carboxylic acids is 1. The molecule has 1 amide bonds. The second-order valence-corrected chi connectivity index (χ2v) is 4.61. The third kappa shape index (κ3) is 2.64. The van der Waals surface area contributed by atoms with E-state index in [0.717, 1.165) is 10.2 Å². The first kappa shape index (κ1) is 10.3. The molecule has 1 heterocycles. The van der Waals surface area contributed by atoms with Gasteiger partial charge in [-0.3, -0.25) is 4.79 Å². The standard InChI is InChI=1S/C10H7BrN2OS/c11-7-2-1-3-8(6-7)13-9(14)10-12-4-5-15-10/h1-6H,(H,13,14). The minimum Gasteiger partial charge on any atom is -0.320 e. The summed E-state index contributed by atoms with van der Waals surface area (Å²) < 4.78 is 0.930. The number of aromatic nitrogens is 1. The van der Waals surface area contributed by atoms with E-state index in [2.05, 4.69) is 26.2 Å². The summed E-state index contributed by atoms with van der Waals surface area (Å²) in [5.74, 6) is -0.178. The Morgan fingerprint density at radius 1 is 1.47 bits per heavy atom. The largest absolute Gasteiger partial charge is 0.320 e. The number of thiazole rings is 1. The lowest BCUT2D eigenvalue weighted by Crippen LogP contribution is -2.11. The molecule has 0 saturated carbocycles. The van der Waals surface area contributed by atoms with Crippen molar-refractivity contribution in [1.29, 1.82) is 0 Å². The summed E-state index contributed by atoms with van der Waals surface area (Å²) in [7, 11) is 0. The number of hydrogen-bond acceptors (Lipinski definition) is 3. The third-order valence-electron chi connectivity index (χ3n) is 1.71. The average molecular weight is 283 g/mol. The van der Waals surface area contributed by atoms with Gasteiger partial charge >= 0.3 is 0 Å². The number of carbonyl (C=O) groups is 1. The zero-order valence-electron chi connectivity index (χ0n) is 7.61. The molecule has 1 N–H and O–H groups in total. The Morgan fingerprint density at radius 2 is 2.33 bits per heavy atom. The van der Waals surface area contributed by atoms with E-state index >= 15 is 0 Å². The fourth-order valence-corrected chi connectivity index (χ4v) is 2.02. The number of nitrogens with one attached hydrogen (secondary N) is 1. The van der Waals surface area contributed by atoms with Gasteiger partial charge < -0.3 is 5.32 Å². The minimum absolute atomic E-state index is 0.178. The molecule has 76 valence electrons. The Balaban J connectivity index is 2.13. The predicted molar refractivity (Wildman–Crippen MR) is 64.2 cm³/mol. The van der Waals surface area contributed by atoms with Gasteiger partial charge in [0.05, 0.1) is 0 Å². The van der Waals surface area contributed by atoms with Gasteiger partial charge in [0, 0.05) is 21.7 Å². The van der Waals surface area contributed by atoms with E-state index in [0.29, 0.717) is 5.01 Å². The van der Waals surface area contributed by atoms with Crippen LogP contribution in [0.25, 0.3) is 0 Å². The first-order valence-corrected chi connectivity index (χ1v) is 5.89. The molecule has 5 heteroatoms. The quantitative estimate of drug-likeness (QED) is 0.919. The van der Waals surface area contributed by atoms with Crippen molar-refractivity contribution in [2.75, 3.05) is 5.32 Å². The Kier molecular flexibility index (Phi) is 3.13. The lowest BCUT2D eigenvalue weighted by Gasteiger charge is -2.02. The van der Waals surface area contributed by atoms with Crippen LogP contribution in [0.2, 0.25) is 0 Å². The zero-order chi connectivity index (χ0) is 10.7. The van der Waals surface area contributed by atoms with Crippen LogP contribution < -0.4 is 5.32 Å². The fourth-order valence-electron chi connectivity index (χ4n) is 1.09. The van der Waals surface area contributed by atoms with E-state index in [4.69, 9.17) is 0 Å². The molecule has 0 atom stereocenters. The Morgan fingerprint density at radius 3 is 3.00 bits per heavy atom. The van der Waals surface area contributed by atoms with Crippen LogP contribution in [-0.4, -0.2) is 10.9 Å². The van der Waals surface area contributed by atoms with Gasteiger partial charge in [-0.2, -0.15) is 0 Å². The summed E-state index contributed by atoms with van der Waals surface area (Å²) in [5.41, 5.74) is 0.754. The van der Waals surface area contributed by atoms with E-state index in [1.54, 1.807) is 11.6 Å². The maximum atomic E-state index is 11.6. The molecule has 0 unspecified atom stereocenters. The Bertz CT molecular complexity index is 470. The fraction of sp³-hybridized carbons (Fsp3) is 0. The van der Waals surface area contributed by atoms with Crippen LogP contribution in [-0.2, 0) is 0 Å². The van der Waals surface area contributed by atoms with Crippen LogP contribution in [0.5, 0.6) is 0 Å². The van der Waals surface area contributed by atoms with Crippen LogP contribution in [0.3, 0.4) is 0 Å². The van der Waals surface area contributed by atoms with Crippen LogP contribution in [0.1, 0.15) is 9.80 Å². The summed E-state index contributed by atoms with van der Waals surface area (Å²) in [4.78, 5) is 15.5. The highest BCUT2D eigenvalue weighted by molar-refractivity contribution is 9.10. The molecule has 0 aliphatic rings. The van der Waals surface area contributed by atoms with Gasteiger partial charge in [-0.1, -0.05) is 22.0 Å². The van der Waals surface area contributed by atoms with Crippen molar-refractivity contribution < 1.29 is 4.79 Å². The van der Waals surface area contributed by atoms with Gasteiger partial charge in [-0.25, -0.2) is 4.98 Å². The number of nitrogens with zero attached hydrogens (tertiary/aromatic N) is 1. The summed E-state index contributed by atoms with van der Waals surface area (Å²) in [5, 5.41) is 5.01. The molecule has 0 bridgehead atoms. The van der Waals surface area contributed by atoms with Gasteiger partial charge in [-0.15, -0.1) is 11.3 Å². The number of rotatable bonds is 2. The van der Waals surface area contributed by atoms with E-state index in [-0.39, 0.29) is 5.91 Å². The molecule has 0 saturated heterocycles. The molecule has 0 aliphatic carbocycles. The highest BCUT2D eigenvalue weighted by Crippen LogP contribution is 2.16. The van der Waals surface area contributed by atoms with Crippen molar-refractivity contribution in [2.45, 2.75) is 0 Å². The summed E-state index contributed by atoms with van der Waals surface area (Å²) in [6.07, 6.45) is 1.61. The van der Waals surface area contributed by atoms with Crippen molar-refractivity contribution in [3.8, 4) is 0 Å². The van der Waals surface area contributed by atoms with Crippen LogP contribution in [0.4, 0.5) is 5.69 Å². The lowest BCUT2D eigenvalue weighted by molar-refractivity contribution is 0.102. The maximum absolute atomic E-state index is 11.6. The van der Waals surface area contributed by atoms with Crippen LogP contribution in [0, 0.1) is 0 Å². The molecular formula is C10H7BrN2OS. The second-order valence-electron chi connectivity index (χ2n) is 2.80. The predicted octanol–water partition coefficient (Wildman–Crippen LogP) is 3.16. The van der Waals surface area contributed by atoms with Crippen molar-refractivity contribution >= 4 is 38.9 Å². The van der Waals surface area contributed by atoms with Gasteiger partial charge in [0.25, 0.3) is 5.91 Å². The molecule has 2 aromatic rings. The first-order valence-electron chi connectivity index (χ1n) is 4.22. The number of amides is 1. The summed E-state index contributed by atoms with van der Waals surface area (Å²) >= 11 is 4.66. The van der Waals surface area contributed by atoms with Crippen molar-refractivity contribution in [3.05, 3.63) is 45.3 Å². The van der Waals surface area contributed by atoms with Crippen LogP contribution >= 0.6 is 27.3 Å². The second kappa shape index (κ2) is 4.55. The molecule has 2 rings (SSSR count).